The molecule has 0 aliphatic carbocycles. The molecule has 0 aromatic rings. The van der Waals surface area contributed by atoms with E-state index < -0.39 is 23.0 Å². The second-order valence-corrected chi connectivity index (χ2v) is 6.91. The van der Waals surface area contributed by atoms with Gasteiger partial charge in [-0.25, -0.2) is 4.79 Å². The van der Waals surface area contributed by atoms with Gasteiger partial charge in [-0.3, -0.25) is 4.79 Å². The van der Waals surface area contributed by atoms with E-state index in [9.17, 15) is 9.59 Å². The van der Waals surface area contributed by atoms with Crippen LogP contribution in [0, 0.1) is 10.8 Å². The topological polar surface area (TPSA) is 63.6 Å². The SMILES string of the molecule is CC(C)(C)C1=CC(CC(=O)O)(C(C)(C)C)OC1=O. The van der Waals surface area contributed by atoms with Crippen molar-refractivity contribution in [1.82, 2.24) is 0 Å². The summed E-state index contributed by atoms with van der Waals surface area (Å²) in [6, 6.07) is 0. The Labute approximate surface area is 108 Å². The maximum atomic E-state index is 12.0. The first-order valence-electron chi connectivity index (χ1n) is 6.07. The molecule has 102 valence electrons. The van der Waals surface area contributed by atoms with Gasteiger partial charge >= 0.3 is 11.9 Å². The molecule has 1 aliphatic rings. The van der Waals surface area contributed by atoms with Crippen molar-refractivity contribution in [2.24, 2.45) is 10.8 Å². The van der Waals surface area contributed by atoms with E-state index in [0.717, 1.165) is 0 Å². The Balaban J connectivity index is 3.29. The van der Waals surface area contributed by atoms with Crippen molar-refractivity contribution >= 4 is 11.9 Å². The molecule has 4 heteroatoms. The summed E-state index contributed by atoms with van der Waals surface area (Å²) in [6.45, 7) is 11.4. The number of carboxylic acid groups (broad SMARTS) is 1. The lowest BCUT2D eigenvalue weighted by atomic mass is 9.73. The normalized spacial score (nSPS) is 24.8. The molecule has 1 N–H and O–H groups in total. The van der Waals surface area contributed by atoms with Crippen molar-refractivity contribution in [3.05, 3.63) is 11.6 Å². The second-order valence-electron chi connectivity index (χ2n) is 6.91. The van der Waals surface area contributed by atoms with Gasteiger partial charge in [0.2, 0.25) is 0 Å². The molecule has 0 amide bonds. The van der Waals surface area contributed by atoms with Crippen LogP contribution in [0.5, 0.6) is 0 Å². The Kier molecular flexibility index (Phi) is 3.36. The van der Waals surface area contributed by atoms with Gasteiger partial charge in [0.1, 0.15) is 5.60 Å². The van der Waals surface area contributed by atoms with Crippen LogP contribution in [0.3, 0.4) is 0 Å². The molecular weight excluding hydrogens is 232 g/mol. The highest BCUT2D eigenvalue weighted by Gasteiger charge is 2.52. The molecular formula is C14H22O4. The quantitative estimate of drug-likeness (QED) is 0.770. The summed E-state index contributed by atoms with van der Waals surface area (Å²) in [5.74, 6) is -1.37. The van der Waals surface area contributed by atoms with Gasteiger partial charge in [-0.05, 0) is 11.5 Å². The van der Waals surface area contributed by atoms with Crippen LogP contribution in [0.4, 0.5) is 0 Å². The smallest absolute Gasteiger partial charge is 0.335 e. The highest BCUT2D eigenvalue weighted by molar-refractivity contribution is 5.93. The van der Waals surface area contributed by atoms with E-state index >= 15 is 0 Å². The van der Waals surface area contributed by atoms with Crippen LogP contribution >= 0.6 is 0 Å². The van der Waals surface area contributed by atoms with Crippen molar-refractivity contribution in [3.63, 3.8) is 0 Å². The van der Waals surface area contributed by atoms with Crippen LogP contribution in [-0.4, -0.2) is 22.6 Å². The number of ether oxygens (including phenoxy) is 1. The first-order valence-corrected chi connectivity index (χ1v) is 6.07. The number of hydrogen-bond acceptors (Lipinski definition) is 3. The molecule has 1 unspecified atom stereocenters. The average molecular weight is 254 g/mol. The zero-order valence-electron chi connectivity index (χ0n) is 12.0. The summed E-state index contributed by atoms with van der Waals surface area (Å²) in [5.41, 5.74) is -1.31. The van der Waals surface area contributed by atoms with Gasteiger partial charge in [-0.15, -0.1) is 0 Å². The lowest BCUT2D eigenvalue weighted by Crippen LogP contribution is -2.44. The molecule has 4 nitrogen and oxygen atoms in total. The molecule has 18 heavy (non-hydrogen) atoms. The number of cyclic esters (lactones) is 1. The molecule has 0 radical (unpaired) electrons. The zero-order valence-corrected chi connectivity index (χ0v) is 12.0. The van der Waals surface area contributed by atoms with Crippen LogP contribution in [0.25, 0.3) is 0 Å². The number of esters is 1. The summed E-state index contributed by atoms with van der Waals surface area (Å²) < 4.78 is 5.45. The maximum Gasteiger partial charge on any atom is 0.335 e. The van der Waals surface area contributed by atoms with Crippen LogP contribution in [0.15, 0.2) is 11.6 Å². The van der Waals surface area contributed by atoms with Crippen molar-refractivity contribution in [2.75, 3.05) is 0 Å². The number of aliphatic carboxylic acids is 1. The number of carbonyl (C=O) groups excluding carboxylic acids is 1. The molecule has 0 spiro atoms. The number of rotatable bonds is 2. The van der Waals surface area contributed by atoms with Crippen LogP contribution in [0.1, 0.15) is 48.0 Å². The minimum absolute atomic E-state index is 0.207. The fraction of sp³-hybridized carbons (Fsp3) is 0.714. The van der Waals surface area contributed by atoms with Gasteiger partial charge in [0.05, 0.1) is 6.42 Å². The standard InChI is InChI=1S/C14H22O4/c1-12(2,3)9-7-14(8-10(15)16,13(4,5)6)18-11(9)17/h7H,8H2,1-6H3,(H,15,16). The van der Waals surface area contributed by atoms with Gasteiger partial charge in [0.15, 0.2) is 0 Å². The Hall–Kier alpha value is -1.32. The van der Waals surface area contributed by atoms with Gasteiger partial charge in [-0.1, -0.05) is 41.5 Å². The fourth-order valence-electron chi connectivity index (χ4n) is 2.01. The minimum Gasteiger partial charge on any atom is -0.481 e. The Morgan fingerprint density at radius 1 is 1.28 bits per heavy atom. The molecule has 1 atom stereocenters. The predicted molar refractivity (Wildman–Crippen MR) is 68.1 cm³/mol. The fourth-order valence-corrected chi connectivity index (χ4v) is 2.01. The monoisotopic (exact) mass is 254 g/mol. The van der Waals surface area contributed by atoms with E-state index in [4.69, 9.17) is 9.84 Å². The van der Waals surface area contributed by atoms with Crippen LogP contribution < -0.4 is 0 Å². The van der Waals surface area contributed by atoms with Crippen molar-refractivity contribution in [3.8, 4) is 0 Å². The molecule has 1 heterocycles. The number of carbonyl (C=O) groups is 2. The molecule has 0 saturated carbocycles. The Bertz CT molecular complexity index is 406. The van der Waals surface area contributed by atoms with Crippen LogP contribution in [0.2, 0.25) is 0 Å². The van der Waals surface area contributed by atoms with E-state index in [1.807, 2.05) is 41.5 Å². The average Bonchev–Trinajstić information content (AvgIpc) is 2.40. The lowest BCUT2D eigenvalue weighted by Gasteiger charge is -2.37. The molecule has 0 saturated heterocycles. The van der Waals surface area contributed by atoms with E-state index in [1.54, 1.807) is 6.08 Å². The molecule has 0 fully saturated rings. The molecule has 0 bridgehead atoms. The first kappa shape index (κ1) is 14.7. The summed E-state index contributed by atoms with van der Waals surface area (Å²) in [4.78, 5) is 23.0. The van der Waals surface area contributed by atoms with Gasteiger partial charge in [0, 0.05) is 11.0 Å². The van der Waals surface area contributed by atoms with E-state index in [2.05, 4.69) is 0 Å². The predicted octanol–water partition coefficient (Wildman–Crippen LogP) is 2.78. The van der Waals surface area contributed by atoms with Gasteiger partial charge in [0.25, 0.3) is 0 Å². The first-order chi connectivity index (χ1) is 7.89. The Morgan fingerprint density at radius 3 is 2.06 bits per heavy atom. The third-order valence-electron chi connectivity index (χ3n) is 3.36. The minimum atomic E-state index is -1.06. The Morgan fingerprint density at radius 2 is 1.78 bits per heavy atom. The van der Waals surface area contributed by atoms with Crippen molar-refractivity contribution < 1.29 is 19.4 Å². The highest BCUT2D eigenvalue weighted by atomic mass is 16.6. The van der Waals surface area contributed by atoms with Crippen molar-refractivity contribution in [1.29, 1.82) is 0 Å². The van der Waals surface area contributed by atoms with E-state index in [1.165, 1.54) is 0 Å². The summed E-state index contributed by atoms with van der Waals surface area (Å²) >= 11 is 0. The third-order valence-corrected chi connectivity index (χ3v) is 3.36. The number of hydrogen-bond donors (Lipinski definition) is 1. The van der Waals surface area contributed by atoms with Crippen molar-refractivity contribution in [2.45, 2.75) is 53.6 Å². The number of carboxylic acids is 1. The summed E-state index contributed by atoms with van der Waals surface area (Å²) in [6.07, 6.45) is 1.51. The lowest BCUT2D eigenvalue weighted by molar-refractivity contribution is -0.162. The highest BCUT2D eigenvalue weighted by Crippen LogP contribution is 2.46. The molecule has 0 aromatic heterocycles. The van der Waals surface area contributed by atoms with Gasteiger partial charge in [-0.2, -0.15) is 0 Å². The third kappa shape index (κ3) is 2.57. The largest absolute Gasteiger partial charge is 0.481 e. The van der Waals surface area contributed by atoms with E-state index in [0.29, 0.717) is 5.57 Å². The van der Waals surface area contributed by atoms with Crippen LogP contribution in [-0.2, 0) is 14.3 Å². The summed E-state index contributed by atoms with van der Waals surface area (Å²) in [7, 11) is 0. The maximum absolute atomic E-state index is 12.0. The molecule has 0 aromatic carbocycles. The second kappa shape index (κ2) is 4.11. The zero-order chi connectivity index (χ0) is 14.4. The summed E-state index contributed by atoms with van der Waals surface area (Å²) in [5, 5.41) is 9.06. The molecule has 1 rings (SSSR count). The van der Waals surface area contributed by atoms with Gasteiger partial charge < -0.3 is 9.84 Å². The molecule has 1 aliphatic heterocycles. The van der Waals surface area contributed by atoms with E-state index in [-0.39, 0.29) is 11.8 Å².